The zero-order valence-corrected chi connectivity index (χ0v) is 16.8. The van der Waals surface area contributed by atoms with E-state index in [2.05, 4.69) is 43.4 Å². The van der Waals surface area contributed by atoms with E-state index in [0.29, 0.717) is 11.3 Å². The van der Waals surface area contributed by atoms with Crippen LogP contribution in [0, 0.1) is 13.8 Å². The van der Waals surface area contributed by atoms with Crippen LogP contribution in [-0.4, -0.2) is 17.0 Å². The summed E-state index contributed by atoms with van der Waals surface area (Å²) < 4.78 is 0. The molecule has 0 radical (unpaired) electrons. The largest absolute Gasteiger partial charge is 0.478 e. The first-order chi connectivity index (χ1) is 14.4. The van der Waals surface area contributed by atoms with Crippen LogP contribution < -0.4 is 5.32 Å². The van der Waals surface area contributed by atoms with Crippen LogP contribution in [0.4, 0.5) is 5.69 Å². The Bertz CT molecular complexity index is 1270. The highest BCUT2D eigenvalue weighted by Gasteiger charge is 2.11. The average Bonchev–Trinajstić information content (AvgIpc) is 2.75. The van der Waals surface area contributed by atoms with Crippen molar-refractivity contribution >= 4 is 28.3 Å². The molecule has 4 heteroatoms. The predicted octanol–water partition coefficient (Wildman–Crippen LogP) is 6.07. The van der Waals surface area contributed by atoms with Crippen LogP contribution in [0.3, 0.4) is 0 Å². The number of carbonyl (C=O) groups is 2. The average molecular weight is 395 g/mol. The summed E-state index contributed by atoms with van der Waals surface area (Å²) in [6, 6.07) is 24.3. The number of benzene rings is 4. The lowest BCUT2D eigenvalue weighted by atomic mass is 9.94. The molecule has 4 aromatic rings. The molecule has 148 valence electrons. The molecule has 0 aliphatic heterocycles. The molecule has 0 fully saturated rings. The van der Waals surface area contributed by atoms with Crippen molar-refractivity contribution < 1.29 is 14.7 Å². The van der Waals surface area contributed by atoms with E-state index in [1.54, 1.807) is 18.2 Å². The molecule has 0 heterocycles. The summed E-state index contributed by atoms with van der Waals surface area (Å²) in [7, 11) is 0. The van der Waals surface area contributed by atoms with Crippen LogP contribution in [-0.2, 0) is 0 Å². The lowest BCUT2D eigenvalue weighted by Gasteiger charge is -2.11. The van der Waals surface area contributed by atoms with Gasteiger partial charge in [0.2, 0.25) is 0 Å². The zero-order valence-electron chi connectivity index (χ0n) is 16.8. The Morgan fingerprint density at radius 3 is 2.20 bits per heavy atom. The maximum absolute atomic E-state index is 12.8. The minimum atomic E-state index is -0.999. The van der Waals surface area contributed by atoms with Gasteiger partial charge >= 0.3 is 5.97 Å². The molecule has 0 atom stereocenters. The minimum absolute atomic E-state index is 0.178. The second-order valence-corrected chi connectivity index (χ2v) is 7.38. The van der Waals surface area contributed by atoms with Gasteiger partial charge in [-0.2, -0.15) is 0 Å². The molecule has 0 aliphatic rings. The highest BCUT2D eigenvalue weighted by molar-refractivity contribution is 6.08. The number of fused-ring (bicyclic) bond motifs is 1. The van der Waals surface area contributed by atoms with E-state index in [4.69, 9.17) is 5.11 Å². The van der Waals surface area contributed by atoms with E-state index >= 15 is 0 Å². The van der Waals surface area contributed by atoms with Gasteiger partial charge in [0.25, 0.3) is 5.91 Å². The Labute approximate surface area is 174 Å². The Morgan fingerprint density at radius 2 is 1.50 bits per heavy atom. The van der Waals surface area contributed by atoms with Crippen molar-refractivity contribution in [3.8, 4) is 11.1 Å². The van der Waals surface area contributed by atoms with Crippen LogP contribution in [0.25, 0.3) is 21.9 Å². The van der Waals surface area contributed by atoms with E-state index in [-0.39, 0.29) is 11.5 Å². The first kappa shape index (κ1) is 19.4. The van der Waals surface area contributed by atoms with Gasteiger partial charge < -0.3 is 10.4 Å². The fourth-order valence-corrected chi connectivity index (χ4v) is 3.47. The third-order valence-corrected chi connectivity index (χ3v) is 5.35. The second-order valence-electron chi connectivity index (χ2n) is 7.38. The molecule has 0 aromatic heterocycles. The number of amides is 1. The number of hydrogen-bond donors (Lipinski definition) is 2. The molecule has 1 amide bonds. The Balaban J connectivity index is 1.69. The van der Waals surface area contributed by atoms with Crippen LogP contribution in [0.1, 0.15) is 31.8 Å². The standard InChI is InChI=1S/C26H21NO3/c1-16-6-7-20(14-17(16)2)23-5-3-4-18-8-9-21(15-24(18)23)25(28)27-22-12-10-19(11-13-22)26(29)30/h3-15H,1-2H3,(H,27,28)(H,29,30). The van der Waals surface area contributed by atoms with E-state index in [1.807, 2.05) is 24.3 Å². The van der Waals surface area contributed by atoms with Crippen LogP contribution in [0.2, 0.25) is 0 Å². The summed E-state index contributed by atoms with van der Waals surface area (Å²) in [6.45, 7) is 4.19. The molecule has 2 N–H and O–H groups in total. The highest BCUT2D eigenvalue weighted by Crippen LogP contribution is 2.31. The number of carboxylic acids is 1. The van der Waals surface area contributed by atoms with Gasteiger partial charge in [0.05, 0.1) is 5.56 Å². The molecular weight excluding hydrogens is 374 g/mol. The summed E-state index contributed by atoms with van der Waals surface area (Å²) in [5.41, 5.74) is 5.93. The van der Waals surface area contributed by atoms with Crippen molar-refractivity contribution in [3.63, 3.8) is 0 Å². The smallest absolute Gasteiger partial charge is 0.335 e. The predicted molar refractivity (Wildman–Crippen MR) is 120 cm³/mol. The van der Waals surface area contributed by atoms with E-state index in [0.717, 1.165) is 21.9 Å². The molecule has 0 saturated heterocycles. The molecule has 0 aliphatic carbocycles. The fraction of sp³-hybridized carbons (Fsp3) is 0.0769. The molecule has 4 aromatic carbocycles. The number of carboxylic acid groups (broad SMARTS) is 1. The van der Waals surface area contributed by atoms with Crippen LogP contribution in [0.15, 0.2) is 78.9 Å². The van der Waals surface area contributed by atoms with Crippen molar-refractivity contribution in [2.24, 2.45) is 0 Å². The number of hydrogen-bond acceptors (Lipinski definition) is 2. The van der Waals surface area contributed by atoms with Crippen LogP contribution >= 0.6 is 0 Å². The first-order valence-electron chi connectivity index (χ1n) is 9.67. The molecule has 4 rings (SSSR count). The highest BCUT2D eigenvalue weighted by atomic mass is 16.4. The van der Waals surface area contributed by atoms with Gasteiger partial charge in [-0.25, -0.2) is 4.79 Å². The van der Waals surface area contributed by atoms with Crippen molar-refractivity contribution in [2.75, 3.05) is 5.32 Å². The van der Waals surface area contributed by atoms with Gasteiger partial charge in [0, 0.05) is 11.3 Å². The Hall–Kier alpha value is -3.92. The van der Waals surface area contributed by atoms with Crippen molar-refractivity contribution in [1.29, 1.82) is 0 Å². The van der Waals surface area contributed by atoms with Gasteiger partial charge in [-0.3, -0.25) is 4.79 Å². The number of rotatable bonds is 4. The first-order valence-corrected chi connectivity index (χ1v) is 9.67. The second kappa shape index (κ2) is 7.84. The van der Waals surface area contributed by atoms with E-state index in [9.17, 15) is 9.59 Å². The summed E-state index contributed by atoms with van der Waals surface area (Å²) in [5.74, 6) is -1.24. The van der Waals surface area contributed by atoms with Crippen LogP contribution in [0.5, 0.6) is 0 Å². The Morgan fingerprint density at radius 1 is 0.767 bits per heavy atom. The molecule has 30 heavy (non-hydrogen) atoms. The fourth-order valence-electron chi connectivity index (χ4n) is 3.47. The maximum Gasteiger partial charge on any atom is 0.335 e. The number of aromatic carboxylic acids is 1. The van der Waals surface area contributed by atoms with Gasteiger partial charge in [0.15, 0.2) is 0 Å². The summed E-state index contributed by atoms with van der Waals surface area (Å²) in [5, 5.41) is 13.9. The van der Waals surface area contributed by atoms with Gasteiger partial charge in [0.1, 0.15) is 0 Å². The molecular formula is C26H21NO3. The maximum atomic E-state index is 12.8. The molecule has 4 nitrogen and oxygen atoms in total. The normalized spacial score (nSPS) is 10.7. The van der Waals surface area contributed by atoms with Crippen molar-refractivity contribution in [1.82, 2.24) is 0 Å². The summed E-state index contributed by atoms with van der Waals surface area (Å²) >= 11 is 0. The molecule has 0 saturated carbocycles. The number of nitrogens with one attached hydrogen (secondary N) is 1. The van der Waals surface area contributed by atoms with Crippen molar-refractivity contribution in [2.45, 2.75) is 13.8 Å². The summed E-state index contributed by atoms with van der Waals surface area (Å²) in [6.07, 6.45) is 0. The minimum Gasteiger partial charge on any atom is -0.478 e. The summed E-state index contributed by atoms with van der Waals surface area (Å²) in [4.78, 5) is 23.8. The number of anilines is 1. The number of aryl methyl sites for hydroxylation is 2. The van der Waals surface area contributed by atoms with E-state index < -0.39 is 5.97 Å². The monoisotopic (exact) mass is 395 g/mol. The lowest BCUT2D eigenvalue weighted by molar-refractivity contribution is 0.0696. The van der Waals surface area contributed by atoms with Gasteiger partial charge in [-0.1, -0.05) is 42.5 Å². The molecule has 0 unspecified atom stereocenters. The molecule has 0 bridgehead atoms. The molecule has 0 spiro atoms. The third-order valence-electron chi connectivity index (χ3n) is 5.35. The Kier molecular flexibility index (Phi) is 5.07. The van der Waals surface area contributed by atoms with E-state index in [1.165, 1.54) is 23.3 Å². The van der Waals surface area contributed by atoms with Gasteiger partial charge in [-0.15, -0.1) is 0 Å². The SMILES string of the molecule is Cc1ccc(-c2cccc3ccc(C(=O)Nc4ccc(C(=O)O)cc4)cc23)cc1C. The third kappa shape index (κ3) is 3.80. The van der Waals surface area contributed by atoms with Gasteiger partial charge in [-0.05, 0) is 83.3 Å². The quantitative estimate of drug-likeness (QED) is 0.440. The van der Waals surface area contributed by atoms with Crippen molar-refractivity contribution in [3.05, 3.63) is 101 Å². The topological polar surface area (TPSA) is 66.4 Å². The lowest BCUT2D eigenvalue weighted by Crippen LogP contribution is -2.12. The zero-order chi connectivity index (χ0) is 21.3. The number of carbonyl (C=O) groups excluding carboxylic acids is 1.